The fourth-order valence-corrected chi connectivity index (χ4v) is 4.06. The molecule has 0 spiro atoms. The zero-order chi connectivity index (χ0) is 22.9. The van der Waals surface area contributed by atoms with Crippen molar-refractivity contribution in [3.05, 3.63) is 0 Å². The van der Waals surface area contributed by atoms with E-state index in [4.69, 9.17) is 0 Å². The fourth-order valence-electron chi connectivity index (χ4n) is 4.06. The van der Waals surface area contributed by atoms with Crippen LogP contribution in [0.1, 0.15) is 12.8 Å². The average molecular weight is 443 g/mol. The van der Waals surface area contributed by atoms with E-state index in [-0.39, 0.29) is 0 Å². The van der Waals surface area contributed by atoms with Gasteiger partial charge in [-0.05, 0) is 74.8 Å². The summed E-state index contributed by atoms with van der Waals surface area (Å²) in [5.41, 5.74) is 0. The van der Waals surface area contributed by atoms with Crippen molar-refractivity contribution < 1.29 is 0 Å². The van der Waals surface area contributed by atoms with Gasteiger partial charge in [-0.25, -0.2) is 0 Å². The van der Waals surface area contributed by atoms with Crippen LogP contribution in [0.2, 0.25) is 0 Å². The molecule has 3 aliphatic heterocycles. The molecule has 3 aliphatic rings. The van der Waals surface area contributed by atoms with Crippen LogP contribution in [0, 0.1) is 0 Å². The van der Waals surface area contributed by atoms with Gasteiger partial charge in [0.1, 0.15) is 0 Å². The van der Waals surface area contributed by atoms with Crippen LogP contribution in [0.3, 0.4) is 0 Å². The van der Waals surface area contributed by atoms with Crippen LogP contribution in [0.4, 0.5) is 0 Å². The molecule has 31 heavy (non-hydrogen) atoms. The third kappa shape index (κ3) is 14.4. The average Bonchev–Trinajstić information content (AvgIpc) is 3.21. The summed E-state index contributed by atoms with van der Waals surface area (Å²) in [7, 11) is 12.6. The first-order chi connectivity index (χ1) is 15.0. The number of rotatable bonds is 8. The second-order valence-electron chi connectivity index (χ2n) is 9.39. The highest BCUT2D eigenvalue weighted by Gasteiger charge is 2.16. The van der Waals surface area contributed by atoms with E-state index in [0.717, 1.165) is 19.1 Å². The molecule has 0 aromatic carbocycles. The first kappa shape index (κ1) is 28.7. The molecule has 0 bridgehead atoms. The standard InChI is InChI=1S/C9H21N3.C8H19N3.C6H14N2/c1-10-4-3-5-12-8-6-11(2)7-9-12;1-9-3-4-11-7-5-10(2)6-8-11;1-7-6-3-4-8(2)5-6/h10H,3-9H2,1-2H3;9H,3-8H2,1-2H3;6-7H,3-5H2,1-2H3. The van der Waals surface area contributed by atoms with Crippen molar-refractivity contribution in [3.8, 4) is 0 Å². The summed E-state index contributed by atoms with van der Waals surface area (Å²) in [4.78, 5) is 12.2. The summed E-state index contributed by atoms with van der Waals surface area (Å²) in [5.74, 6) is 0. The lowest BCUT2D eigenvalue weighted by Gasteiger charge is -2.32. The molecule has 3 fully saturated rings. The van der Waals surface area contributed by atoms with Crippen molar-refractivity contribution in [2.75, 3.05) is 134 Å². The lowest BCUT2D eigenvalue weighted by molar-refractivity contribution is 0.153. The van der Waals surface area contributed by atoms with Gasteiger partial charge in [0.15, 0.2) is 0 Å². The quantitative estimate of drug-likeness (QED) is 0.423. The Kier molecular flexibility index (Phi) is 16.8. The Morgan fingerprint density at radius 3 is 1.52 bits per heavy atom. The van der Waals surface area contributed by atoms with E-state index in [1.807, 2.05) is 21.1 Å². The van der Waals surface area contributed by atoms with Gasteiger partial charge < -0.3 is 35.6 Å². The summed E-state index contributed by atoms with van der Waals surface area (Å²) in [6.07, 6.45) is 2.59. The molecule has 1 unspecified atom stereocenters. The molecule has 0 aliphatic carbocycles. The number of hydrogen-bond donors (Lipinski definition) is 3. The highest BCUT2D eigenvalue weighted by molar-refractivity contribution is 4.76. The number of likely N-dealkylation sites (N-methyl/N-ethyl adjacent to an activating group) is 5. The van der Waals surface area contributed by atoms with Gasteiger partial charge >= 0.3 is 0 Å². The first-order valence-corrected chi connectivity index (χ1v) is 12.4. The zero-order valence-corrected chi connectivity index (χ0v) is 21.6. The number of hydrogen-bond acceptors (Lipinski definition) is 8. The van der Waals surface area contributed by atoms with E-state index in [1.165, 1.54) is 91.4 Å². The maximum Gasteiger partial charge on any atom is 0.0204 e. The fraction of sp³-hybridized carbons (Fsp3) is 1.00. The maximum absolute atomic E-state index is 3.25. The van der Waals surface area contributed by atoms with Crippen LogP contribution in [0.15, 0.2) is 0 Å². The molecule has 0 aromatic heterocycles. The van der Waals surface area contributed by atoms with Gasteiger partial charge in [0, 0.05) is 78.0 Å². The molecule has 8 nitrogen and oxygen atoms in total. The van der Waals surface area contributed by atoms with Gasteiger partial charge in [-0.1, -0.05) is 0 Å². The third-order valence-corrected chi connectivity index (χ3v) is 6.57. The van der Waals surface area contributed by atoms with Crippen LogP contribution in [-0.2, 0) is 0 Å². The lowest BCUT2D eigenvalue weighted by Crippen LogP contribution is -2.46. The lowest BCUT2D eigenvalue weighted by atomic mass is 10.3. The molecule has 0 aromatic rings. The Hall–Kier alpha value is -0.320. The van der Waals surface area contributed by atoms with Crippen LogP contribution in [0.5, 0.6) is 0 Å². The van der Waals surface area contributed by atoms with Gasteiger partial charge in [-0.2, -0.15) is 0 Å². The number of nitrogens with zero attached hydrogens (tertiary/aromatic N) is 5. The van der Waals surface area contributed by atoms with Crippen molar-refractivity contribution in [2.24, 2.45) is 0 Å². The molecular formula is C23H54N8. The molecule has 8 heteroatoms. The number of piperazine rings is 2. The van der Waals surface area contributed by atoms with Crippen LogP contribution >= 0.6 is 0 Å². The van der Waals surface area contributed by atoms with E-state index in [9.17, 15) is 0 Å². The Balaban J connectivity index is 0.000000237. The molecule has 3 rings (SSSR count). The molecular weight excluding hydrogens is 388 g/mol. The Morgan fingerprint density at radius 1 is 0.613 bits per heavy atom. The molecule has 0 saturated carbocycles. The molecule has 3 saturated heterocycles. The minimum Gasteiger partial charge on any atom is -0.320 e. The van der Waals surface area contributed by atoms with Gasteiger partial charge in [0.25, 0.3) is 0 Å². The van der Waals surface area contributed by atoms with Crippen LogP contribution in [-0.4, -0.2) is 164 Å². The van der Waals surface area contributed by atoms with E-state index in [2.05, 4.69) is 61.6 Å². The predicted octanol–water partition coefficient (Wildman–Crippen LogP) is -0.794. The molecule has 1 atom stereocenters. The second-order valence-corrected chi connectivity index (χ2v) is 9.39. The monoisotopic (exact) mass is 442 g/mol. The van der Waals surface area contributed by atoms with Crippen molar-refractivity contribution >= 4 is 0 Å². The van der Waals surface area contributed by atoms with Crippen molar-refractivity contribution in [3.63, 3.8) is 0 Å². The summed E-state index contributed by atoms with van der Waals surface area (Å²) in [6, 6.07) is 0.750. The molecule has 3 heterocycles. The van der Waals surface area contributed by atoms with Gasteiger partial charge in [-0.3, -0.25) is 4.90 Å². The van der Waals surface area contributed by atoms with Gasteiger partial charge in [0.2, 0.25) is 0 Å². The largest absolute Gasteiger partial charge is 0.320 e. The Labute approximate surface area is 193 Å². The topological polar surface area (TPSA) is 52.3 Å². The van der Waals surface area contributed by atoms with Crippen LogP contribution in [0.25, 0.3) is 0 Å². The van der Waals surface area contributed by atoms with E-state index in [1.54, 1.807) is 0 Å². The van der Waals surface area contributed by atoms with Crippen molar-refractivity contribution in [1.29, 1.82) is 0 Å². The first-order valence-electron chi connectivity index (χ1n) is 12.4. The van der Waals surface area contributed by atoms with Crippen LogP contribution < -0.4 is 16.0 Å². The summed E-state index contributed by atoms with van der Waals surface area (Å²) in [6.45, 7) is 17.1. The summed E-state index contributed by atoms with van der Waals surface area (Å²) >= 11 is 0. The van der Waals surface area contributed by atoms with E-state index in [0.29, 0.717) is 0 Å². The molecule has 0 amide bonds. The number of likely N-dealkylation sites (tertiary alicyclic amines) is 1. The highest BCUT2D eigenvalue weighted by atomic mass is 15.3. The van der Waals surface area contributed by atoms with Gasteiger partial charge in [-0.15, -0.1) is 0 Å². The molecule has 186 valence electrons. The van der Waals surface area contributed by atoms with Gasteiger partial charge in [0.05, 0.1) is 0 Å². The predicted molar refractivity (Wildman–Crippen MR) is 135 cm³/mol. The zero-order valence-electron chi connectivity index (χ0n) is 21.6. The second kappa shape index (κ2) is 18.1. The minimum absolute atomic E-state index is 0.750. The normalized spacial score (nSPS) is 24.4. The van der Waals surface area contributed by atoms with Crippen molar-refractivity contribution in [1.82, 2.24) is 40.4 Å². The maximum atomic E-state index is 3.25. The highest BCUT2D eigenvalue weighted by Crippen LogP contribution is 2.04. The molecule has 0 radical (unpaired) electrons. The van der Waals surface area contributed by atoms with E-state index >= 15 is 0 Å². The summed E-state index contributed by atoms with van der Waals surface area (Å²) < 4.78 is 0. The third-order valence-electron chi connectivity index (χ3n) is 6.57. The summed E-state index contributed by atoms with van der Waals surface area (Å²) in [5, 5.41) is 9.60. The van der Waals surface area contributed by atoms with Crippen molar-refractivity contribution in [2.45, 2.75) is 18.9 Å². The SMILES string of the molecule is CNC1CCN(C)C1.CNCCCN1CCN(C)CC1.CNCCN1CCN(C)CC1. The smallest absolute Gasteiger partial charge is 0.0204 e. The Bertz CT molecular complexity index is 392. The Morgan fingerprint density at radius 2 is 1.13 bits per heavy atom. The molecule has 3 N–H and O–H groups in total. The number of nitrogens with one attached hydrogen (secondary N) is 3. The van der Waals surface area contributed by atoms with E-state index < -0.39 is 0 Å². The minimum atomic E-state index is 0.750.